The fourth-order valence-corrected chi connectivity index (χ4v) is 5.56. The van der Waals surface area contributed by atoms with E-state index in [1.165, 1.54) is 3.97 Å². The quantitative estimate of drug-likeness (QED) is 0.683. The molecule has 158 valence electrons. The smallest absolute Gasteiger partial charge is 0.268 e. The van der Waals surface area contributed by atoms with Crippen LogP contribution in [0, 0.1) is 0 Å². The van der Waals surface area contributed by atoms with E-state index in [0.717, 1.165) is 43.9 Å². The maximum atomic E-state index is 13.6. The summed E-state index contributed by atoms with van der Waals surface area (Å²) in [5, 5.41) is 0. The van der Waals surface area contributed by atoms with Crippen molar-refractivity contribution in [2.24, 2.45) is 5.73 Å². The Morgan fingerprint density at radius 2 is 1.93 bits per heavy atom. The van der Waals surface area contributed by atoms with E-state index in [4.69, 9.17) is 10.5 Å². The second-order valence-corrected chi connectivity index (χ2v) is 9.73. The zero-order valence-corrected chi connectivity index (χ0v) is 17.7. The summed E-state index contributed by atoms with van der Waals surface area (Å²) >= 11 is 0. The average Bonchev–Trinajstić information content (AvgIpc) is 3.15. The van der Waals surface area contributed by atoms with Crippen molar-refractivity contribution in [3.05, 3.63) is 42.7 Å². The highest BCUT2D eigenvalue weighted by Gasteiger charge is 2.27. The maximum absolute atomic E-state index is 13.6. The van der Waals surface area contributed by atoms with E-state index in [-0.39, 0.29) is 10.9 Å². The standard InChI is InChI=1S/C21H25N5O3S/c1-24-11-12-29-20-13-16(4-5-17(20)24)30(27,28)26-14-19(21-18(26)3-2-8-23-21)25-9-6-15(22)7-10-25/h2-5,8,13-15H,6-7,9-12,22H2,1H3. The molecule has 0 aliphatic carbocycles. The van der Waals surface area contributed by atoms with Crippen molar-refractivity contribution in [3.63, 3.8) is 0 Å². The molecule has 1 aromatic carbocycles. The number of anilines is 2. The van der Waals surface area contributed by atoms with Gasteiger partial charge in [-0.05, 0) is 37.1 Å². The molecule has 30 heavy (non-hydrogen) atoms. The Bertz CT molecular complexity index is 1200. The number of hydrogen-bond donors (Lipinski definition) is 1. The molecule has 2 aromatic heterocycles. The molecule has 9 heteroatoms. The predicted molar refractivity (Wildman–Crippen MR) is 117 cm³/mol. The molecular weight excluding hydrogens is 402 g/mol. The highest BCUT2D eigenvalue weighted by molar-refractivity contribution is 7.90. The van der Waals surface area contributed by atoms with Gasteiger partial charge < -0.3 is 20.3 Å². The predicted octanol–water partition coefficient (Wildman–Crippen LogP) is 2.03. The Labute approximate surface area is 175 Å². The van der Waals surface area contributed by atoms with Crippen molar-refractivity contribution in [2.75, 3.05) is 43.1 Å². The topological polar surface area (TPSA) is 93.7 Å². The van der Waals surface area contributed by atoms with Crippen LogP contribution in [0.15, 0.2) is 47.6 Å². The van der Waals surface area contributed by atoms with E-state index in [1.54, 1.807) is 42.7 Å². The summed E-state index contributed by atoms with van der Waals surface area (Å²) in [6, 6.07) is 8.80. The van der Waals surface area contributed by atoms with Crippen LogP contribution in [-0.2, 0) is 10.0 Å². The van der Waals surface area contributed by atoms with Gasteiger partial charge in [0.15, 0.2) is 0 Å². The van der Waals surface area contributed by atoms with Crippen LogP contribution in [0.1, 0.15) is 12.8 Å². The van der Waals surface area contributed by atoms with Crippen LogP contribution in [0.2, 0.25) is 0 Å². The number of piperidine rings is 1. The van der Waals surface area contributed by atoms with E-state index in [1.807, 2.05) is 7.05 Å². The first kappa shape index (κ1) is 19.2. The molecular formula is C21H25N5O3S. The van der Waals surface area contributed by atoms with Crippen LogP contribution >= 0.6 is 0 Å². The van der Waals surface area contributed by atoms with E-state index in [0.29, 0.717) is 23.4 Å². The van der Waals surface area contributed by atoms with Crippen molar-refractivity contribution in [1.29, 1.82) is 0 Å². The molecule has 0 unspecified atom stereocenters. The minimum absolute atomic E-state index is 0.194. The van der Waals surface area contributed by atoms with E-state index < -0.39 is 10.0 Å². The number of hydrogen-bond acceptors (Lipinski definition) is 7. The number of pyridine rings is 1. The van der Waals surface area contributed by atoms with Gasteiger partial charge in [-0.3, -0.25) is 4.98 Å². The first-order valence-corrected chi connectivity index (χ1v) is 11.6. The first-order valence-electron chi connectivity index (χ1n) is 10.2. The Morgan fingerprint density at radius 3 is 2.73 bits per heavy atom. The molecule has 3 aromatic rings. The molecule has 0 spiro atoms. The monoisotopic (exact) mass is 427 g/mol. The molecule has 8 nitrogen and oxygen atoms in total. The van der Waals surface area contributed by atoms with E-state index in [2.05, 4.69) is 14.8 Å². The lowest BCUT2D eigenvalue weighted by molar-refractivity contribution is 0.310. The van der Waals surface area contributed by atoms with Gasteiger partial charge in [0.25, 0.3) is 10.0 Å². The Hall–Kier alpha value is -2.78. The maximum Gasteiger partial charge on any atom is 0.268 e. The van der Waals surface area contributed by atoms with Crippen molar-refractivity contribution in [2.45, 2.75) is 23.8 Å². The van der Waals surface area contributed by atoms with E-state index >= 15 is 0 Å². The number of fused-ring (bicyclic) bond motifs is 2. The molecule has 0 amide bonds. The molecule has 0 bridgehead atoms. The first-order chi connectivity index (χ1) is 14.4. The van der Waals surface area contributed by atoms with Crippen molar-refractivity contribution in [1.82, 2.24) is 8.96 Å². The lowest BCUT2D eigenvalue weighted by Gasteiger charge is -2.31. The van der Waals surface area contributed by atoms with Gasteiger partial charge in [0, 0.05) is 44.6 Å². The summed E-state index contributed by atoms with van der Waals surface area (Å²) in [6.45, 7) is 2.88. The molecule has 0 radical (unpaired) electrons. The SMILES string of the molecule is CN1CCOc2cc(S(=O)(=O)n3cc(N4CCC(N)CC4)c4ncccc43)ccc21. The molecule has 4 heterocycles. The Balaban J connectivity index is 1.61. The van der Waals surface area contributed by atoms with Gasteiger partial charge in [0.1, 0.15) is 17.9 Å². The summed E-state index contributed by atoms with van der Waals surface area (Å²) in [5.41, 5.74) is 9.02. The van der Waals surface area contributed by atoms with Crippen molar-refractivity contribution in [3.8, 4) is 5.75 Å². The van der Waals surface area contributed by atoms with Gasteiger partial charge in [-0.15, -0.1) is 0 Å². The lowest BCUT2D eigenvalue weighted by Crippen LogP contribution is -2.39. The zero-order valence-electron chi connectivity index (χ0n) is 16.9. The van der Waals surface area contributed by atoms with Crippen molar-refractivity contribution < 1.29 is 13.2 Å². The number of nitrogens with zero attached hydrogens (tertiary/aromatic N) is 4. The average molecular weight is 428 g/mol. The molecule has 2 aliphatic rings. The zero-order chi connectivity index (χ0) is 20.9. The third-order valence-electron chi connectivity index (χ3n) is 5.97. The molecule has 2 aliphatic heterocycles. The lowest BCUT2D eigenvalue weighted by atomic mass is 10.1. The van der Waals surface area contributed by atoms with E-state index in [9.17, 15) is 8.42 Å². The molecule has 0 atom stereocenters. The van der Waals surface area contributed by atoms with Crippen molar-refractivity contribution >= 4 is 32.4 Å². The number of benzene rings is 1. The van der Waals surface area contributed by atoms with Crippen LogP contribution in [0.3, 0.4) is 0 Å². The highest BCUT2D eigenvalue weighted by Crippen LogP contribution is 2.36. The third-order valence-corrected chi connectivity index (χ3v) is 7.64. The second-order valence-electron chi connectivity index (χ2n) is 7.91. The van der Waals surface area contributed by atoms with Gasteiger partial charge in [0.05, 0.1) is 28.3 Å². The molecule has 1 saturated heterocycles. The summed E-state index contributed by atoms with van der Waals surface area (Å²) < 4.78 is 34.2. The van der Waals surface area contributed by atoms with Gasteiger partial charge in [-0.1, -0.05) is 0 Å². The third kappa shape index (κ3) is 3.09. The number of aromatic nitrogens is 2. The fourth-order valence-electron chi connectivity index (χ4n) is 4.20. The van der Waals surface area contributed by atoms with Gasteiger partial charge in [-0.2, -0.15) is 0 Å². The Morgan fingerprint density at radius 1 is 1.13 bits per heavy atom. The van der Waals surface area contributed by atoms with Gasteiger partial charge in [0.2, 0.25) is 0 Å². The summed E-state index contributed by atoms with van der Waals surface area (Å²) in [5.74, 6) is 0.588. The minimum Gasteiger partial charge on any atom is -0.490 e. The molecule has 1 fully saturated rings. The number of nitrogens with two attached hydrogens (primary N) is 1. The molecule has 0 saturated carbocycles. The van der Waals surface area contributed by atoms with Crippen LogP contribution in [0.5, 0.6) is 5.75 Å². The van der Waals surface area contributed by atoms with Crippen LogP contribution in [-0.4, -0.2) is 56.7 Å². The highest BCUT2D eigenvalue weighted by atomic mass is 32.2. The fraction of sp³-hybridized carbons (Fsp3) is 0.381. The van der Waals surface area contributed by atoms with Gasteiger partial charge in [-0.25, -0.2) is 12.4 Å². The summed E-state index contributed by atoms with van der Waals surface area (Å²) in [6.07, 6.45) is 5.14. The van der Waals surface area contributed by atoms with Crippen LogP contribution < -0.4 is 20.3 Å². The minimum atomic E-state index is -3.82. The van der Waals surface area contributed by atoms with Crippen LogP contribution in [0.4, 0.5) is 11.4 Å². The Kier molecular flexibility index (Phi) is 4.59. The van der Waals surface area contributed by atoms with Gasteiger partial charge >= 0.3 is 0 Å². The summed E-state index contributed by atoms with van der Waals surface area (Å²) in [7, 11) is -1.85. The summed E-state index contributed by atoms with van der Waals surface area (Å²) in [4.78, 5) is 8.93. The number of rotatable bonds is 3. The number of likely N-dealkylation sites (N-methyl/N-ethyl adjacent to an activating group) is 1. The molecule has 5 rings (SSSR count). The second kappa shape index (κ2) is 7.17. The normalized spacial score (nSPS) is 17.8. The number of ether oxygens (including phenoxy) is 1. The van der Waals surface area contributed by atoms with Crippen LogP contribution in [0.25, 0.3) is 11.0 Å². The largest absolute Gasteiger partial charge is 0.490 e. The molecule has 2 N–H and O–H groups in total.